The number of fused-ring (bicyclic) bond motifs is 3. The molecule has 8 heteroatoms. The number of thiazole rings is 1. The Morgan fingerprint density at radius 1 is 0.875 bits per heavy atom. The molecule has 0 fully saturated rings. The number of anilines is 2. The van der Waals surface area contributed by atoms with E-state index in [1.807, 2.05) is 61.7 Å². The second kappa shape index (κ2) is 10.7. The van der Waals surface area contributed by atoms with Gasteiger partial charge in [0.25, 0.3) is 11.8 Å². The number of aromatic nitrogens is 1. The Labute approximate surface area is 234 Å². The zero-order valence-electron chi connectivity index (χ0n) is 21.9. The average Bonchev–Trinajstić information content (AvgIpc) is 3.56. The fraction of sp³-hybridized carbons (Fsp3) is 0.0938. The lowest BCUT2D eigenvalue weighted by atomic mass is 10.1. The van der Waals surface area contributed by atoms with Crippen molar-refractivity contribution in [3.8, 4) is 5.75 Å². The fourth-order valence-corrected chi connectivity index (χ4v) is 5.08. The van der Waals surface area contributed by atoms with Gasteiger partial charge in [0.05, 0.1) is 16.3 Å². The van der Waals surface area contributed by atoms with Gasteiger partial charge in [-0.25, -0.2) is 4.98 Å². The van der Waals surface area contributed by atoms with Crippen LogP contribution in [0.1, 0.15) is 37.0 Å². The molecule has 198 valence electrons. The molecular formula is C32H25N3O4S. The van der Waals surface area contributed by atoms with Gasteiger partial charge in [0, 0.05) is 33.1 Å². The maximum absolute atomic E-state index is 13.2. The number of carbonyl (C=O) groups excluding carboxylic acids is 2. The molecule has 0 saturated heterocycles. The highest BCUT2D eigenvalue weighted by molar-refractivity contribution is 7.09. The van der Waals surface area contributed by atoms with Crippen LogP contribution < -0.4 is 15.4 Å². The molecular weight excluding hydrogens is 522 g/mol. The van der Waals surface area contributed by atoms with Gasteiger partial charge in [0.1, 0.15) is 23.5 Å². The van der Waals surface area contributed by atoms with E-state index in [4.69, 9.17) is 9.15 Å². The van der Waals surface area contributed by atoms with Crippen molar-refractivity contribution in [1.29, 1.82) is 0 Å². The Bertz CT molecular complexity index is 1870. The van der Waals surface area contributed by atoms with Crippen LogP contribution in [-0.4, -0.2) is 16.8 Å². The minimum Gasteiger partial charge on any atom is -0.487 e. The van der Waals surface area contributed by atoms with E-state index in [1.165, 1.54) is 0 Å². The molecule has 0 spiro atoms. The number of nitrogens with one attached hydrogen (secondary N) is 2. The third-order valence-electron chi connectivity index (χ3n) is 6.56. The van der Waals surface area contributed by atoms with E-state index in [0.717, 1.165) is 32.6 Å². The van der Waals surface area contributed by atoms with Crippen molar-refractivity contribution in [2.45, 2.75) is 20.5 Å². The molecule has 0 aliphatic heterocycles. The Balaban J connectivity index is 1.15. The molecule has 2 amide bonds. The quantitative estimate of drug-likeness (QED) is 0.213. The maximum atomic E-state index is 13.2. The third kappa shape index (κ3) is 5.17. The molecule has 2 N–H and O–H groups in total. The lowest BCUT2D eigenvalue weighted by Gasteiger charge is -2.12. The molecule has 0 atom stereocenters. The minimum atomic E-state index is -0.297. The van der Waals surface area contributed by atoms with Crippen LogP contribution >= 0.6 is 11.3 Å². The molecule has 0 aliphatic carbocycles. The molecule has 4 aromatic carbocycles. The molecule has 6 aromatic rings. The Kier molecular flexibility index (Phi) is 6.76. The summed E-state index contributed by atoms with van der Waals surface area (Å²) in [5, 5.41) is 10.7. The predicted molar refractivity (Wildman–Crippen MR) is 158 cm³/mol. The number of nitrogens with zero attached hydrogens (tertiary/aromatic N) is 1. The SMILES string of the molecule is Cc1nc(COc2ccc(C(=O)Nc3cc(NC(=O)c4cccc5c4oc4ccccc45)ccc3C)cc2)cs1. The Hall–Kier alpha value is -4.95. The molecule has 6 rings (SSSR count). The van der Waals surface area contributed by atoms with E-state index < -0.39 is 0 Å². The molecule has 2 aromatic heterocycles. The number of para-hydroxylation sites is 2. The van der Waals surface area contributed by atoms with Gasteiger partial charge in [0.15, 0.2) is 0 Å². The van der Waals surface area contributed by atoms with Crippen LogP contribution in [0.3, 0.4) is 0 Å². The molecule has 0 aliphatic rings. The van der Waals surface area contributed by atoms with Gasteiger partial charge >= 0.3 is 0 Å². The topological polar surface area (TPSA) is 93.5 Å². The zero-order valence-corrected chi connectivity index (χ0v) is 22.7. The smallest absolute Gasteiger partial charge is 0.259 e. The summed E-state index contributed by atoms with van der Waals surface area (Å²) >= 11 is 1.58. The van der Waals surface area contributed by atoms with Crippen molar-refractivity contribution < 1.29 is 18.7 Å². The van der Waals surface area contributed by atoms with E-state index in [1.54, 1.807) is 53.8 Å². The molecule has 2 heterocycles. The van der Waals surface area contributed by atoms with Gasteiger partial charge in [-0.05, 0) is 67.9 Å². The van der Waals surface area contributed by atoms with Crippen molar-refractivity contribution in [1.82, 2.24) is 4.98 Å². The molecule has 40 heavy (non-hydrogen) atoms. The summed E-state index contributed by atoms with van der Waals surface area (Å²) < 4.78 is 11.8. The van der Waals surface area contributed by atoms with Crippen LogP contribution in [-0.2, 0) is 6.61 Å². The third-order valence-corrected chi connectivity index (χ3v) is 7.38. The number of furan rings is 1. The summed E-state index contributed by atoms with van der Waals surface area (Å²) in [7, 11) is 0. The van der Waals surface area contributed by atoms with E-state index in [9.17, 15) is 9.59 Å². The highest BCUT2D eigenvalue weighted by atomic mass is 32.1. The summed E-state index contributed by atoms with van der Waals surface area (Å²) in [6.45, 7) is 4.22. The first-order valence-electron chi connectivity index (χ1n) is 12.7. The lowest BCUT2D eigenvalue weighted by molar-refractivity contribution is 0.101. The van der Waals surface area contributed by atoms with Gasteiger partial charge in [-0.2, -0.15) is 0 Å². The Morgan fingerprint density at radius 2 is 1.68 bits per heavy atom. The summed E-state index contributed by atoms with van der Waals surface area (Å²) in [6, 6.07) is 25.6. The number of rotatable bonds is 7. The highest BCUT2D eigenvalue weighted by Gasteiger charge is 2.17. The first-order valence-corrected chi connectivity index (χ1v) is 13.6. The summed E-state index contributed by atoms with van der Waals surface area (Å²) in [5.74, 6) is 0.0945. The van der Waals surface area contributed by atoms with E-state index in [-0.39, 0.29) is 11.8 Å². The highest BCUT2D eigenvalue weighted by Crippen LogP contribution is 2.31. The summed E-state index contributed by atoms with van der Waals surface area (Å²) in [4.78, 5) is 30.6. The first-order chi connectivity index (χ1) is 19.4. The van der Waals surface area contributed by atoms with Crippen LogP contribution in [0.25, 0.3) is 21.9 Å². The van der Waals surface area contributed by atoms with Crippen molar-refractivity contribution in [2.24, 2.45) is 0 Å². The van der Waals surface area contributed by atoms with Crippen molar-refractivity contribution >= 4 is 56.5 Å². The van der Waals surface area contributed by atoms with Crippen molar-refractivity contribution in [2.75, 3.05) is 10.6 Å². The van der Waals surface area contributed by atoms with Gasteiger partial charge in [0.2, 0.25) is 0 Å². The maximum Gasteiger partial charge on any atom is 0.259 e. The molecule has 0 bridgehead atoms. The number of amides is 2. The van der Waals surface area contributed by atoms with Gasteiger partial charge < -0.3 is 19.8 Å². The monoisotopic (exact) mass is 547 g/mol. The largest absolute Gasteiger partial charge is 0.487 e. The van der Waals surface area contributed by atoms with Gasteiger partial charge in [-0.3, -0.25) is 9.59 Å². The van der Waals surface area contributed by atoms with E-state index in [0.29, 0.717) is 40.4 Å². The number of carbonyl (C=O) groups is 2. The van der Waals surface area contributed by atoms with Gasteiger partial charge in [-0.15, -0.1) is 11.3 Å². The summed E-state index contributed by atoms with van der Waals surface area (Å²) in [5.41, 5.74) is 5.09. The number of hydrogen-bond donors (Lipinski definition) is 2. The predicted octanol–water partition coefficient (Wildman–Crippen LogP) is 7.74. The van der Waals surface area contributed by atoms with Gasteiger partial charge in [-0.1, -0.05) is 36.4 Å². The lowest BCUT2D eigenvalue weighted by Crippen LogP contribution is -2.15. The van der Waals surface area contributed by atoms with Crippen LogP contribution in [0.15, 0.2) is 94.7 Å². The van der Waals surface area contributed by atoms with Crippen LogP contribution in [0, 0.1) is 13.8 Å². The molecule has 0 unspecified atom stereocenters. The molecule has 0 saturated carbocycles. The second-order valence-corrected chi connectivity index (χ2v) is 10.5. The molecule has 7 nitrogen and oxygen atoms in total. The van der Waals surface area contributed by atoms with Crippen molar-refractivity contribution in [3.05, 3.63) is 118 Å². The summed E-state index contributed by atoms with van der Waals surface area (Å²) in [6.07, 6.45) is 0. The zero-order chi connectivity index (χ0) is 27.6. The van der Waals surface area contributed by atoms with Crippen LogP contribution in [0.2, 0.25) is 0 Å². The normalized spacial score (nSPS) is 11.1. The second-order valence-electron chi connectivity index (χ2n) is 9.39. The average molecular weight is 548 g/mol. The Morgan fingerprint density at radius 3 is 2.48 bits per heavy atom. The number of benzene rings is 4. The van der Waals surface area contributed by atoms with E-state index in [2.05, 4.69) is 15.6 Å². The minimum absolute atomic E-state index is 0.264. The standard InChI is InChI=1S/C32H25N3O4S/c1-19-10-13-22(34-32(37)27-8-5-7-26-25-6-3-4-9-29(25)39-30(26)27)16-28(19)35-31(36)21-11-14-24(15-12-21)38-17-23-18-40-20(2)33-23/h3-16,18H,17H2,1-2H3,(H,34,37)(H,35,36). The number of ether oxygens (including phenoxy) is 1. The van der Waals surface area contributed by atoms with Crippen molar-refractivity contribution in [3.63, 3.8) is 0 Å². The van der Waals surface area contributed by atoms with Crippen LogP contribution in [0.5, 0.6) is 5.75 Å². The first kappa shape index (κ1) is 25.3. The fourth-order valence-electron chi connectivity index (χ4n) is 4.49. The van der Waals surface area contributed by atoms with Crippen LogP contribution in [0.4, 0.5) is 11.4 Å². The van der Waals surface area contributed by atoms with E-state index >= 15 is 0 Å². The number of aryl methyl sites for hydroxylation is 2. The number of hydrogen-bond acceptors (Lipinski definition) is 6. The molecule has 0 radical (unpaired) electrons.